The Hall–Kier alpha value is -1.26. The normalized spacial score (nSPS) is 9.73. The molecule has 0 aliphatic carbocycles. The van der Waals surface area contributed by atoms with Gasteiger partial charge in [0.25, 0.3) is 5.91 Å². The third-order valence-electron chi connectivity index (χ3n) is 1.57. The first kappa shape index (κ1) is 11.8. The zero-order chi connectivity index (χ0) is 11.4. The van der Waals surface area contributed by atoms with Crippen LogP contribution in [0.15, 0.2) is 18.2 Å². The van der Waals surface area contributed by atoms with Gasteiger partial charge in [-0.1, -0.05) is 23.2 Å². The molecular weight excluding hydrogens is 244 g/mol. The number of aliphatic carboxylic acids is 1. The summed E-state index contributed by atoms with van der Waals surface area (Å²) in [6.07, 6.45) is 0. The fourth-order valence-electron chi connectivity index (χ4n) is 0.923. The lowest BCUT2D eigenvalue weighted by Gasteiger charge is -2.04. The van der Waals surface area contributed by atoms with Crippen LogP contribution < -0.4 is 5.32 Å². The summed E-state index contributed by atoms with van der Waals surface area (Å²) in [5, 5.41) is 11.1. The molecule has 6 heteroatoms. The Morgan fingerprint density at radius 1 is 1.33 bits per heavy atom. The Bertz CT molecular complexity index is 406. The fourth-order valence-corrected chi connectivity index (χ4v) is 1.30. The average molecular weight is 251 g/mol. The summed E-state index contributed by atoms with van der Waals surface area (Å²) in [6, 6.07) is 4.39. The molecule has 0 fully saturated rings. The molecule has 0 radical (unpaired) electrons. The van der Waals surface area contributed by atoms with Gasteiger partial charge in [0.15, 0.2) is 0 Å². The van der Waals surface area contributed by atoms with E-state index in [1.165, 1.54) is 18.2 Å². The van der Waals surface area contributed by atoms with Crippen molar-refractivity contribution in [3.8, 4) is 0 Å². The van der Waals surface area contributed by atoms with Crippen LogP contribution in [0, 0.1) is 0 Å². The summed E-state index contributed by atoms with van der Waals surface area (Å²) in [4.78, 5) is 21.6. The minimum Gasteiger partial charge on any atom is -0.480 e. The van der Waals surface area contributed by atoms with Gasteiger partial charge in [-0.2, -0.15) is 0 Å². The molecule has 4 nitrogen and oxygen atoms in total. The van der Waals surface area contributed by atoms with Crippen LogP contribution in [0.4, 0.5) is 0 Å². The van der Waals surface area contributed by atoms with E-state index in [2.05, 4.69) is 5.32 Å². The minimum atomic E-state index is -1.12. The molecule has 80 valence electrons. The van der Waals surface area contributed by atoms with E-state index < -0.39 is 18.4 Å². The van der Waals surface area contributed by atoms with Crippen LogP contribution in [0.5, 0.6) is 0 Å². The van der Waals surface area contributed by atoms with Crippen molar-refractivity contribution in [1.29, 1.82) is 0 Å². The van der Waals surface area contributed by atoms with Gasteiger partial charge < -0.3 is 10.4 Å². The van der Waals surface area contributed by atoms with Crippen molar-refractivity contribution < 1.29 is 14.7 Å². The van der Waals surface area contributed by atoms with Crippen LogP contribution in [-0.4, -0.2) is 23.5 Å². The lowest BCUT2D eigenvalue weighted by molar-refractivity contribution is -0.135. The van der Waals surface area contributed by atoms with Crippen molar-refractivity contribution >= 4 is 35.1 Å². The maximum atomic E-state index is 11.4. The topological polar surface area (TPSA) is 66.4 Å². The summed E-state index contributed by atoms with van der Waals surface area (Å²) in [5.74, 6) is -1.69. The van der Waals surface area contributed by atoms with Crippen LogP contribution in [-0.2, 0) is 4.79 Å². The van der Waals surface area contributed by atoms with Gasteiger partial charge in [0, 0.05) is 5.02 Å². The molecule has 0 aliphatic rings. The molecule has 0 aromatic heterocycles. The molecule has 2 N–H and O–H groups in total. The van der Waals surface area contributed by atoms with Crippen LogP contribution in [0.2, 0.25) is 10.0 Å². The number of benzene rings is 1. The second-order valence-electron chi connectivity index (χ2n) is 2.70. The van der Waals surface area contributed by atoms with E-state index in [-0.39, 0.29) is 10.6 Å². The smallest absolute Gasteiger partial charge is 0.322 e. The highest BCUT2D eigenvalue weighted by atomic mass is 35.5. The number of rotatable bonds is 3. The van der Waals surface area contributed by atoms with Crippen LogP contribution in [0.25, 0.3) is 0 Å². The highest BCUT2D eigenvalue weighted by Gasteiger charge is 2.11. The fraction of sp³-hybridized carbons (Fsp3) is 0.111. The predicted molar refractivity (Wildman–Crippen MR) is 56.4 cm³/mol. The Morgan fingerprint density at radius 3 is 2.60 bits per heavy atom. The lowest BCUT2D eigenvalue weighted by atomic mass is 10.2. The van der Waals surface area contributed by atoms with E-state index in [1.54, 1.807) is 0 Å². The van der Waals surface area contributed by atoms with E-state index in [1.807, 2.05) is 0 Å². The number of nitrogens with one attached hydrogen (secondary N) is 1. The molecule has 0 heterocycles. The third-order valence-corrected chi connectivity index (χ3v) is 2.14. The van der Waals surface area contributed by atoms with Crippen molar-refractivity contribution in [2.45, 2.75) is 0 Å². The number of carboxylic acid groups (broad SMARTS) is 1. The largest absolute Gasteiger partial charge is 0.480 e. The van der Waals surface area contributed by atoms with Crippen molar-refractivity contribution in [2.24, 2.45) is 0 Å². The molecule has 1 amide bonds. The van der Waals surface area contributed by atoms with Crippen LogP contribution >= 0.6 is 23.2 Å². The molecule has 0 saturated heterocycles. The molecule has 15 heavy (non-hydrogen) atoms. The second-order valence-corrected chi connectivity index (χ2v) is 3.54. The SMILES string of the molecule is O=C([15NH][13CH2][13C](=O)O)c1cc(Cl)ccc1Cl. The second kappa shape index (κ2) is 5.00. The average Bonchev–Trinajstić information content (AvgIpc) is 2.18. The summed E-state index contributed by atoms with van der Waals surface area (Å²) in [7, 11) is 0. The zero-order valence-corrected chi connectivity index (χ0v) is 8.97. The molecule has 0 unspecified atom stereocenters. The van der Waals surface area contributed by atoms with Gasteiger partial charge in [0.1, 0.15) is 6.54 Å². The number of hydrogen-bond acceptors (Lipinski definition) is 2. The minimum absolute atomic E-state index is 0.158. The molecule has 1 aromatic carbocycles. The highest BCUT2D eigenvalue weighted by molar-refractivity contribution is 6.35. The van der Waals surface area contributed by atoms with Crippen molar-refractivity contribution in [2.75, 3.05) is 6.54 Å². The number of carbonyl (C=O) groups is 2. The summed E-state index contributed by atoms with van der Waals surface area (Å²) < 4.78 is 0. The van der Waals surface area contributed by atoms with E-state index >= 15 is 0 Å². The Balaban J connectivity index is 2.81. The van der Waals surface area contributed by atoms with Crippen molar-refractivity contribution in [1.82, 2.24) is 5.32 Å². The molecule has 0 atom stereocenters. The maximum Gasteiger partial charge on any atom is 0.322 e. The van der Waals surface area contributed by atoms with E-state index in [4.69, 9.17) is 28.3 Å². The molecule has 1 aromatic rings. The number of halogens is 2. The molecule has 0 saturated carbocycles. The first-order valence-corrected chi connectivity index (χ1v) is 4.71. The monoisotopic (exact) mass is 250 g/mol. The van der Waals surface area contributed by atoms with Crippen molar-refractivity contribution in [3.05, 3.63) is 33.8 Å². The standard InChI is InChI=1S/C9H7Cl2NO3/c10-5-1-2-7(11)6(3-5)9(15)12-4-8(13)14/h1-3H,4H2,(H,12,15)(H,13,14)/i4+1,8+1,12+1. The molecule has 0 spiro atoms. The van der Waals surface area contributed by atoms with Crippen LogP contribution in [0.3, 0.4) is 0 Å². The number of carbonyl (C=O) groups excluding carboxylic acids is 1. The molecule has 0 bridgehead atoms. The first-order chi connectivity index (χ1) is 7.00. The van der Waals surface area contributed by atoms with Gasteiger partial charge in [-0.05, 0) is 18.2 Å². The van der Waals surface area contributed by atoms with Gasteiger partial charge in [-0.15, -0.1) is 0 Å². The predicted octanol–water partition coefficient (Wildman–Crippen LogP) is 1.81. The Labute approximate surface area is 95.8 Å². The van der Waals surface area contributed by atoms with Gasteiger partial charge >= 0.3 is 5.97 Å². The quantitative estimate of drug-likeness (QED) is 0.635. The molecule has 1 rings (SSSR count). The molecular formula is C9H7Cl2NO3. The summed E-state index contributed by atoms with van der Waals surface area (Å²) in [6.45, 7) is -0.457. The van der Waals surface area contributed by atoms with Gasteiger partial charge in [0.2, 0.25) is 0 Å². The maximum absolute atomic E-state index is 11.4. The first-order valence-electron chi connectivity index (χ1n) is 3.95. The van der Waals surface area contributed by atoms with E-state index in [0.717, 1.165) is 0 Å². The summed E-state index contributed by atoms with van der Waals surface area (Å²) in [5.41, 5.74) is 0.158. The van der Waals surface area contributed by atoms with E-state index in [0.29, 0.717) is 5.02 Å². The van der Waals surface area contributed by atoms with Gasteiger partial charge in [-0.25, -0.2) is 0 Å². The highest BCUT2D eigenvalue weighted by Crippen LogP contribution is 2.20. The van der Waals surface area contributed by atoms with Crippen molar-refractivity contribution in [3.63, 3.8) is 0 Å². The molecule has 0 aliphatic heterocycles. The number of hydrogen-bond donors (Lipinski definition) is 2. The van der Waals surface area contributed by atoms with Gasteiger partial charge in [0.05, 0.1) is 10.6 Å². The third kappa shape index (κ3) is 3.42. The van der Waals surface area contributed by atoms with Gasteiger partial charge in [-0.3, -0.25) is 9.59 Å². The van der Waals surface area contributed by atoms with Crippen LogP contribution in [0.1, 0.15) is 10.4 Å². The zero-order valence-electron chi connectivity index (χ0n) is 7.46. The number of amides is 1. The Kier molecular flexibility index (Phi) is 3.94. The lowest BCUT2D eigenvalue weighted by Crippen LogP contribution is -2.29. The summed E-state index contributed by atoms with van der Waals surface area (Å²) >= 11 is 11.4. The van der Waals surface area contributed by atoms with E-state index in [9.17, 15) is 9.59 Å². The number of carboxylic acids is 1. The Morgan fingerprint density at radius 2 is 2.00 bits per heavy atom.